The van der Waals surface area contributed by atoms with Crippen molar-refractivity contribution in [2.45, 2.75) is 32.7 Å². The van der Waals surface area contributed by atoms with Crippen LogP contribution in [0.3, 0.4) is 0 Å². The molecule has 0 aliphatic carbocycles. The third-order valence-corrected chi connectivity index (χ3v) is 6.01. The van der Waals surface area contributed by atoms with Crippen molar-refractivity contribution in [3.8, 4) is 5.88 Å². The number of aromatic nitrogens is 2. The van der Waals surface area contributed by atoms with Crippen molar-refractivity contribution in [2.75, 3.05) is 44.7 Å². The summed E-state index contributed by atoms with van der Waals surface area (Å²) >= 11 is 0. The SMILES string of the molecule is CCC1CC(c2cccc(C)c2)=NN1CC(=O)N1CCN(c2cc(OC)ncn2)CC1. The number of ether oxygens (including phenoxy) is 1. The van der Waals surface area contributed by atoms with Crippen LogP contribution in [0.2, 0.25) is 0 Å². The Kier molecular flexibility index (Phi) is 6.34. The molecule has 0 N–H and O–H groups in total. The summed E-state index contributed by atoms with van der Waals surface area (Å²) in [5.41, 5.74) is 3.45. The molecule has 0 saturated carbocycles. The molecule has 2 aromatic rings. The maximum atomic E-state index is 13.0. The maximum Gasteiger partial charge on any atom is 0.243 e. The van der Waals surface area contributed by atoms with E-state index < -0.39 is 0 Å². The van der Waals surface area contributed by atoms with Crippen LogP contribution in [-0.2, 0) is 4.79 Å². The Hall–Kier alpha value is -3.16. The van der Waals surface area contributed by atoms with Crippen LogP contribution in [0.4, 0.5) is 5.82 Å². The smallest absolute Gasteiger partial charge is 0.243 e. The lowest BCUT2D eigenvalue weighted by atomic mass is 10.0. The Labute approximate surface area is 183 Å². The zero-order valence-corrected chi connectivity index (χ0v) is 18.5. The van der Waals surface area contributed by atoms with Crippen molar-refractivity contribution in [1.82, 2.24) is 19.9 Å². The molecule has 1 amide bonds. The second-order valence-electron chi connectivity index (χ2n) is 8.07. The van der Waals surface area contributed by atoms with Gasteiger partial charge in [0, 0.05) is 38.7 Å². The van der Waals surface area contributed by atoms with E-state index in [2.05, 4.69) is 53.0 Å². The highest BCUT2D eigenvalue weighted by atomic mass is 16.5. The first-order valence-electron chi connectivity index (χ1n) is 10.9. The highest BCUT2D eigenvalue weighted by Gasteiger charge is 2.30. The van der Waals surface area contributed by atoms with Crippen molar-refractivity contribution in [1.29, 1.82) is 0 Å². The average molecular weight is 423 g/mol. The lowest BCUT2D eigenvalue weighted by Gasteiger charge is -2.36. The van der Waals surface area contributed by atoms with Crippen LogP contribution < -0.4 is 9.64 Å². The first-order valence-corrected chi connectivity index (χ1v) is 10.9. The monoisotopic (exact) mass is 422 g/mol. The average Bonchev–Trinajstić information content (AvgIpc) is 3.22. The first kappa shape index (κ1) is 21.1. The topological polar surface area (TPSA) is 74.2 Å². The number of rotatable bonds is 6. The van der Waals surface area contributed by atoms with Crippen molar-refractivity contribution in [3.63, 3.8) is 0 Å². The summed E-state index contributed by atoms with van der Waals surface area (Å²) in [7, 11) is 1.59. The minimum atomic E-state index is 0.132. The Bertz CT molecular complexity index is 955. The number of hydrogen-bond donors (Lipinski definition) is 0. The number of nitrogens with zero attached hydrogens (tertiary/aromatic N) is 6. The van der Waals surface area contributed by atoms with Gasteiger partial charge in [-0.15, -0.1) is 0 Å². The summed E-state index contributed by atoms with van der Waals surface area (Å²) < 4.78 is 5.19. The van der Waals surface area contributed by atoms with Crippen molar-refractivity contribution >= 4 is 17.4 Å². The lowest BCUT2D eigenvalue weighted by molar-refractivity contribution is -0.133. The molecular formula is C23H30N6O2. The predicted octanol–water partition coefficient (Wildman–Crippen LogP) is 2.33. The third kappa shape index (κ3) is 4.78. The molecule has 31 heavy (non-hydrogen) atoms. The molecule has 8 nitrogen and oxygen atoms in total. The van der Waals surface area contributed by atoms with E-state index in [1.807, 2.05) is 16.0 Å². The molecule has 164 valence electrons. The largest absolute Gasteiger partial charge is 0.481 e. The normalized spacial score (nSPS) is 18.9. The molecule has 1 aromatic heterocycles. The van der Waals surface area contributed by atoms with Crippen molar-refractivity contribution in [2.24, 2.45) is 5.10 Å². The van der Waals surface area contributed by atoms with E-state index in [9.17, 15) is 4.79 Å². The van der Waals surface area contributed by atoms with E-state index in [4.69, 9.17) is 9.84 Å². The van der Waals surface area contributed by atoms with E-state index >= 15 is 0 Å². The highest BCUT2D eigenvalue weighted by Crippen LogP contribution is 2.23. The Balaban J connectivity index is 1.36. The van der Waals surface area contributed by atoms with E-state index in [1.54, 1.807) is 7.11 Å². The molecule has 2 aliphatic rings. The standard InChI is InChI=1S/C23H30N6O2/c1-4-19-13-20(18-7-5-6-17(2)12-18)26-29(19)15-23(30)28-10-8-27(9-11-28)21-14-22(31-3)25-16-24-21/h5-7,12,14,16,19H,4,8-11,13,15H2,1-3H3. The first-order chi connectivity index (χ1) is 15.1. The molecular weight excluding hydrogens is 392 g/mol. The van der Waals surface area contributed by atoms with Crippen molar-refractivity contribution < 1.29 is 9.53 Å². The number of hydrogen-bond acceptors (Lipinski definition) is 7. The molecule has 8 heteroatoms. The van der Waals surface area contributed by atoms with Gasteiger partial charge in [0.1, 0.15) is 18.7 Å². The summed E-state index contributed by atoms with van der Waals surface area (Å²) in [5, 5.41) is 6.82. The zero-order chi connectivity index (χ0) is 21.8. The van der Waals surface area contributed by atoms with Gasteiger partial charge in [0.2, 0.25) is 11.8 Å². The molecule has 0 radical (unpaired) electrons. The van der Waals surface area contributed by atoms with Gasteiger partial charge in [0.15, 0.2) is 0 Å². The number of hydrazone groups is 1. The highest BCUT2D eigenvalue weighted by molar-refractivity contribution is 6.02. The van der Waals surface area contributed by atoms with E-state index in [1.165, 1.54) is 11.9 Å². The van der Waals surface area contributed by atoms with Gasteiger partial charge in [-0.1, -0.05) is 36.8 Å². The van der Waals surface area contributed by atoms with E-state index in [-0.39, 0.29) is 11.9 Å². The molecule has 2 aliphatic heterocycles. The summed E-state index contributed by atoms with van der Waals surface area (Å²) in [4.78, 5) is 25.5. The van der Waals surface area contributed by atoms with Crippen molar-refractivity contribution in [3.05, 3.63) is 47.8 Å². The van der Waals surface area contributed by atoms with Crippen LogP contribution in [0, 0.1) is 6.92 Å². The summed E-state index contributed by atoms with van der Waals surface area (Å²) in [5.74, 6) is 1.51. The Morgan fingerprint density at radius 1 is 1.16 bits per heavy atom. The number of methoxy groups -OCH3 is 1. The molecule has 1 saturated heterocycles. The fraction of sp³-hybridized carbons (Fsp3) is 0.478. The lowest BCUT2D eigenvalue weighted by Crippen LogP contribution is -2.51. The quantitative estimate of drug-likeness (QED) is 0.711. The van der Waals surface area contributed by atoms with Crippen LogP contribution in [0.5, 0.6) is 5.88 Å². The maximum absolute atomic E-state index is 13.0. The number of carbonyl (C=O) groups excluding carboxylic acids is 1. The second kappa shape index (κ2) is 9.32. The van der Waals surface area contributed by atoms with E-state index in [0.29, 0.717) is 25.5 Å². The number of carbonyl (C=O) groups is 1. The summed E-state index contributed by atoms with van der Waals surface area (Å²) in [6.07, 6.45) is 3.36. The fourth-order valence-electron chi connectivity index (χ4n) is 4.16. The Morgan fingerprint density at radius 2 is 1.97 bits per heavy atom. The van der Waals surface area contributed by atoms with Gasteiger partial charge in [-0.2, -0.15) is 5.10 Å². The predicted molar refractivity (Wildman–Crippen MR) is 120 cm³/mol. The van der Waals surface area contributed by atoms with Gasteiger partial charge in [-0.3, -0.25) is 9.80 Å². The van der Waals surface area contributed by atoms with Crippen LogP contribution in [-0.4, -0.2) is 77.4 Å². The van der Waals surface area contributed by atoms with Crippen LogP contribution in [0.1, 0.15) is 30.9 Å². The molecule has 3 heterocycles. The van der Waals surface area contributed by atoms with Gasteiger partial charge in [-0.25, -0.2) is 9.97 Å². The number of aryl methyl sites for hydroxylation is 1. The summed E-state index contributed by atoms with van der Waals surface area (Å²) in [6, 6.07) is 10.5. The number of benzene rings is 1. The number of amides is 1. The number of piperazine rings is 1. The summed E-state index contributed by atoms with van der Waals surface area (Å²) in [6.45, 7) is 7.39. The van der Waals surface area contributed by atoms with Gasteiger partial charge in [0.05, 0.1) is 18.9 Å². The number of anilines is 1. The van der Waals surface area contributed by atoms with Gasteiger partial charge >= 0.3 is 0 Å². The van der Waals surface area contributed by atoms with Gasteiger partial charge < -0.3 is 14.5 Å². The minimum Gasteiger partial charge on any atom is -0.481 e. The molecule has 1 atom stereocenters. The van der Waals surface area contributed by atoms with E-state index in [0.717, 1.165) is 43.0 Å². The van der Waals surface area contributed by atoms with Crippen LogP contribution in [0.25, 0.3) is 0 Å². The Morgan fingerprint density at radius 3 is 2.68 bits per heavy atom. The van der Waals surface area contributed by atoms with Gasteiger partial charge in [0.25, 0.3) is 0 Å². The third-order valence-electron chi connectivity index (χ3n) is 6.01. The van der Waals surface area contributed by atoms with Gasteiger partial charge in [-0.05, 0) is 18.9 Å². The molecule has 0 spiro atoms. The zero-order valence-electron chi connectivity index (χ0n) is 18.5. The molecule has 1 fully saturated rings. The van der Waals surface area contributed by atoms with Crippen LogP contribution in [0.15, 0.2) is 41.8 Å². The molecule has 1 aromatic carbocycles. The van der Waals surface area contributed by atoms with Crippen LogP contribution >= 0.6 is 0 Å². The molecule has 0 bridgehead atoms. The second-order valence-corrected chi connectivity index (χ2v) is 8.07. The fourth-order valence-corrected chi connectivity index (χ4v) is 4.16. The molecule has 4 rings (SSSR count). The molecule has 1 unspecified atom stereocenters. The minimum absolute atomic E-state index is 0.132.